The third kappa shape index (κ3) is 2.77. The van der Waals surface area contributed by atoms with Gasteiger partial charge in [-0.1, -0.05) is 12.7 Å². The van der Waals surface area contributed by atoms with E-state index >= 15 is 0 Å². The van der Waals surface area contributed by atoms with Gasteiger partial charge in [0.15, 0.2) is 0 Å². The maximum Gasteiger partial charge on any atom is 0.355 e. The molecular formula is C17H18N2O5S. The Hall–Kier alpha value is -2.45. The highest BCUT2D eigenvalue weighted by molar-refractivity contribution is 7.15. The monoisotopic (exact) mass is 362 g/mol. The molecule has 0 aliphatic carbocycles. The first-order chi connectivity index (χ1) is 11.9. The van der Waals surface area contributed by atoms with E-state index in [1.807, 2.05) is 0 Å². The first kappa shape index (κ1) is 17.4. The molecule has 3 atom stereocenters. The number of hydrogen-bond donors (Lipinski definition) is 2. The molecule has 1 fully saturated rings. The quantitative estimate of drug-likeness (QED) is 0.444. The lowest BCUT2D eigenvalue weighted by Crippen LogP contribution is -2.61. The average molecular weight is 362 g/mol. The Morgan fingerprint density at radius 3 is 2.84 bits per heavy atom. The Labute approximate surface area is 148 Å². The molecule has 7 nitrogen and oxygen atoms in total. The van der Waals surface area contributed by atoms with Gasteiger partial charge < -0.3 is 20.5 Å². The molecule has 0 radical (unpaired) electrons. The highest BCUT2D eigenvalue weighted by Crippen LogP contribution is 2.48. The number of amides is 2. The van der Waals surface area contributed by atoms with Crippen molar-refractivity contribution < 1.29 is 24.2 Å². The maximum absolute atomic E-state index is 12.5. The summed E-state index contributed by atoms with van der Waals surface area (Å²) in [6, 6.07) is 3.01. The molecule has 25 heavy (non-hydrogen) atoms. The summed E-state index contributed by atoms with van der Waals surface area (Å²) in [5.74, 6) is -2.02. The van der Waals surface area contributed by atoms with Gasteiger partial charge in [0.1, 0.15) is 12.3 Å². The number of hydrogen-bond acceptors (Lipinski definition) is 6. The normalized spacial score (nSPS) is 23.1. The Kier molecular flexibility index (Phi) is 4.49. The predicted octanol–water partition coefficient (Wildman–Crippen LogP) is 0.899. The van der Waals surface area contributed by atoms with Gasteiger partial charge in [-0.15, -0.1) is 11.3 Å². The number of esters is 1. The predicted molar refractivity (Wildman–Crippen MR) is 91.3 cm³/mol. The van der Waals surface area contributed by atoms with Crippen LogP contribution in [-0.4, -0.2) is 46.5 Å². The van der Waals surface area contributed by atoms with E-state index in [2.05, 4.69) is 6.58 Å². The third-order valence-corrected chi connectivity index (χ3v) is 5.56. The minimum atomic E-state index is -0.803. The lowest BCUT2D eigenvalue weighted by Gasteiger charge is -2.44. The molecule has 3 rings (SSSR count). The molecule has 2 aliphatic rings. The van der Waals surface area contributed by atoms with Crippen LogP contribution in [0.2, 0.25) is 0 Å². The summed E-state index contributed by atoms with van der Waals surface area (Å²) in [4.78, 5) is 38.6. The van der Waals surface area contributed by atoms with Crippen LogP contribution in [0.3, 0.4) is 0 Å². The second kappa shape index (κ2) is 6.45. The van der Waals surface area contributed by atoms with Crippen LogP contribution in [0.4, 0.5) is 0 Å². The third-order valence-electron chi connectivity index (χ3n) is 4.40. The fourth-order valence-electron chi connectivity index (χ4n) is 3.31. The van der Waals surface area contributed by atoms with Gasteiger partial charge in [0.2, 0.25) is 5.91 Å². The summed E-state index contributed by atoms with van der Waals surface area (Å²) in [5, 5.41) is 9.84. The van der Waals surface area contributed by atoms with Crippen molar-refractivity contribution in [2.75, 3.05) is 6.61 Å². The molecule has 0 spiro atoms. The summed E-state index contributed by atoms with van der Waals surface area (Å²) in [5.41, 5.74) is 6.10. The van der Waals surface area contributed by atoms with Gasteiger partial charge in [-0.05, 0) is 25.5 Å². The zero-order chi connectivity index (χ0) is 18.3. The molecule has 3 N–H and O–H groups in total. The van der Waals surface area contributed by atoms with Crippen LogP contribution in [0.15, 0.2) is 30.5 Å². The molecule has 2 aliphatic heterocycles. The zero-order valence-electron chi connectivity index (χ0n) is 13.6. The van der Waals surface area contributed by atoms with E-state index in [0.717, 1.165) is 0 Å². The summed E-state index contributed by atoms with van der Waals surface area (Å²) in [6.07, 6.45) is 1.05. The molecular weight excluding hydrogens is 344 g/mol. The minimum absolute atomic E-state index is 0.0269. The number of ether oxygens (including phenoxy) is 1. The van der Waals surface area contributed by atoms with Crippen LogP contribution in [0.1, 0.15) is 27.9 Å². The number of nitrogens with zero attached hydrogens (tertiary/aromatic N) is 1. The summed E-state index contributed by atoms with van der Waals surface area (Å²) < 4.78 is 5.12. The van der Waals surface area contributed by atoms with Crippen LogP contribution in [0.5, 0.6) is 0 Å². The number of primary amides is 1. The lowest BCUT2D eigenvalue weighted by atomic mass is 9.83. The van der Waals surface area contributed by atoms with Crippen molar-refractivity contribution in [3.05, 3.63) is 40.2 Å². The topological polar surface area (TPSA) is 110 Å². The molecule has 3 heterocycles. The lowest BCUT2D eigenvalue weighted by molar-refractivity contribution is -0.162. The number of β-lactam (4-membered cyclic amide) rings is 1. The van der Waals surface area contributed by atoms with Gasteiger partial charge in [0, 0.05) is 10.5 Å². The van der Waals surface area contributed by atoms with Crippen molar-refractivity contribution in [2.24, 2.45) is 11.7 Å². The van der Waals surface area contributed by atoms with Crippen LogP contribution in [-0.2, 0) is 14.3 Å². The highest BCUT2D eigenvalue weighted by Gasteiger charge is 2.57. The van der Waals surface area contributed by atoms with E-state index < -0.39 is 23.9 Å². The second-order valence-electron chi connectivity index (χ2n) is 5.99. The zero-order valence-corrected chi connectivity index (χ0v) is 14.4. The van der Waals surface area contributed by atoms with Gasteiger partial charge in [0.05, 0.1) is 22.9 Å². The number of aliphatic hydroxyl groups is 1. The molecule has 0 bridgehead atoms. The Morgan fingerprint density at radius 2 is 2.28 bits per heavy atom. The maximum atomic E-state index is 12.5. The number of nitrogens with two attached hydrogens (primary N) is 1. The van der Waals surface area contributed by atoms with Crippen LogP contribution < -0.4 is 5.73 Å². The molecule has 0 saturated carbocycles. The largest absolute Gasteiger partial charge is 0.457 e. The van der Waals surface area contributed by atoms with Crippen LogP contribution in [0, 0.1) is 5.92 Å². The number of carbonyl (C=O) groups excluding carboxylic acids is 3. The van der Waals surface area contributed by atoms with Crippen molar-refractivity contribution in [3.8, 4) is 0 Å². The Morgan fingerprint density at radius 1 is 1.56 bits per heavy atom. The van der Waals surface area contributed by atoms with E-state index in [1.54, 1.807) is 19.1 Å². The van der Waals surface area contributed by atoms with Crippen molar-refractivity contribution in [3.63, 3.8) is 0 Å². The second-order valence-corrected chi connectivity index (χ2v) is 7.07. The number of fused-ring (bicyclic) bond motifs is 1. The van der Waals surface area contributed by atoms with E-state index in [0.29, 0.717) is 21.7 Å². The first-order valence-electron chi connectivity index (χ1n) is 7.79. The summed E-state index contributed by atoms with van der Waals surface area (Å²) >= 11 is 1.17. The minimum Gasteiger partial charge on any atom is -0.457 e. The Bertz CT molecular complexity index is 795. The van der Waals surface area contributed by atoms with E-state index in [9.17, 15) is 19.5 Å². The van der Waals surface area contributed by atoms with E-state index in [4.69, 9.17) is 10.5 Å². The fourth-order valence-corrected chi connectivity index (χ4v) is 4.23. The summed E-state index contributed by atoms with van der Waals surface area (Å²) in [6.45, 7) is 5.09. The van der Waals surface area contributed by atoms with Gasteiger partial charge in [-0.2, -0.15) is 0 Å². The molecule has 2 amide bonds. The van der Waals surface area contributed by atoms with E-state index in [-0.39, 0.29) is 24.3 Å². The summed E-state index contributed by atoms with van der Waals surface area (Å²) in [7, 11) is 0. The molecule has 1 aromatic heterocycles. The standard InChI is InChI=1S/C17H18N2O5S/c1-3-6-24-17(23)14-9(11-4-5-12(25-11)15(18)21)7-10-13(8(2)20)16(22)19(10)14/h3-5,8,10,13,20H,1,6-7H2,2H3,(H2,18,21). The molecule has 3 unspecified atom stereocenters. The number of thiophene rings is 1. The molecule has 1 aromatic rings. The van der Waals surface area contributed by atoms with Crippen molar-refractivity contribution >= 4 is 34.7 Å². The number of rotatable bonds is 6. The molecule has 8 heteroatoms. The van der Waals surface area contributed by atoms with E-state index in [1.165, 1.54) is 22.3 Å². The van der Waals surface area contributed by atoms with Gasteiger partial charge in [-0.25, -0.2) is 4.79 Å². The molecule has 0 aromatic carbocycles. The highest BCUT2D eigenvalue weighted by atomic mass is 32.1. The molecule has 132 valence electrons. The molecule has 1 saturated heterocycles. The smallest absolute Gasteiger partial charge is 0.355 e. The fraction of sp³-hybridized carbons (Fsp3) is 0.353. The SMILES string of the molecule is C=CCOC(=O)C1=C(c2ccc(C(N)=O)s2)CC2C(C(C)O)C(=O)N12. The number of aliphatic hydroxyl groups excluding tert-OH is 1. The van der Waals surface area contributed by atoms with Crippen molar-refractivity contribution in [1.29, 1.82) is 0 Å². The van der Waals surface area contributed by atoms with Crippen LogP contribution >= 0.6 is 11.3 Å². The van der Waals surface area contributed by atoms with Gasteiger partial charge in [-0.3, -0.25) is 9.59 Å². The van der Waals surface area contributed by atoms with Gasteiger partial charge >= 0.3 is 5.97 Å². The first-order valence-corrected chi connectivity index (χ1v) is 8.60. The number of carbonyl (C=O) groups is 3. The van der Waals surface area contributed by atoms with Crippen molar-refractivity contribution in [2.45, 2.75) is 25.5 Å². The average Bonchev–Trinajstić information content (AvgIpc) is 3.14. The Balaban J connectivity index is 2.00. The van der Waals surface area contributed by atoms with Gasteiger partial charge in [0.25, 0.3) is 5.91 Å². The van der Waals surface area contributed by atoms with Crippen molar-refractivity contribution in [1.82, 2.24) is 4.90 Å². The van der Waals surface area contributed by atoms with Crippen LogP contribution in [0.25, 0.3) is 5.57 Å².